The van der Waals surface area contributed by atoms with Gasteiger partial charge in [0.2, 0.25) is 0 Å². The second-order valence-corrected chi connectivity index (χ2v) is 9.63. The van der Waals surface area contributed by atoms with Crippen molar-refractivity contribution in [1.29, 1.82) is 0 Å². The van der Waals surface area contributed by atoms with Crippen molar-refractivity contribution >= 4 is 17.9 Å². The van der Waals surface area contributed by atoms with Gasteiger partial charge in [-0.15, -0.1) is 0 Å². The molecule has 1 amide bonds. The lowest BCUT2D eigenvalue weighted by atomic mass is 9.99. The number of fused-ring (bicyclic) bond motifs is 1. The van der Waals surface area contributed by atoms with E-state index in [9.17, 15) is 18.0 Å². The maximum Gasteiger partial charge on any atom is 0.416 e. The highest BCUT2D eigenvalue weighted by Crippen LogP contribution is 2.39. The van der Waals surface area contributed by atoms with Gasteiger partial charge in [-0.1, -0.05) is 38.1 Å². The SMILES string of the molecule is CC(C)[C@H]1c2ncc(C(=O)NCc3ccc(SO)cc3)cc2CN1Cc1ccc(C(F)(F)F)cc1. The summed E-state index contributed by atoms with van der Waals surface area (Å²) in [5.74, 6) is 0.00104. The zero-order chi connectivity index (χ0) is 25.2. The average Bonchev–Trinajstić information content (AvgIpc) is 3.19. The van der Waals surface area contributed by atoms with Crippen LogP contribution in [0.1, 0.15) is 58.2 Å². The molecule has 9 heteroatoms. The molecular weight excluding hydrogens is 475 g/mol. The van der Waals surface area contributed by atoms with E-state index in [2.05, 4.69) is 29.0 Å². The molecule has 5 nitrogen and oxygen atoms in total. The maximum atomic E-state index is 12.9. The van der Waals surface area contributed by atoms with E-state index in [-0.39, 0.29) is 17.9 Å². The van der Waals surface area contributed by atoms with E-state index in [1.807, 2.05) is 18.2 Å². The first-order chi connectivity index (χ1) is 16.7. The van der Waals surface area contributed by atoms with Gasteiger partial charge in [-0.05, 0) is 52.9 Å². The molecule has 0 aliphatic carbocycles. The van der Waals surface area contributed by atoms with E-state index in [0.717, 1.165) is 39.4 Å². The fourth-order valence-electron chi connectivity index (χ4n) is 4.41. The molecule has 0 bridgehead atoms. The van der Waals surface area contributed by atoms with Crippen molar-refractivity contribution in [3.63, 3.8) is 0 Å². The Morgan fingerprint density at radius 3 is 2.40 bits per heavy atom. The molecule has 1 atom stereocenters. The van der Waals surface area contributed by atoms with Gasteiger partial charge in [0, 0.05) is 42.8 Å². The Bertz CT molecular complexity index is 1180. The monoisotopic (exact) mass is 501 g/mol. The number of rotatable bonds is 7. The predicted octanol–water partition coefficient (Wildman–Crippen LogP) is 6.31. The highest BCUT2D eigenvalue weighted by atomic mass is 32.2. The quantitative estimate of drug-likeness (QED) is 0.372. The first-order valence-corrected chi connectivity index (χ1v) is 12.0. The number of carbonyl (C=O) groups excluding carboxylic acids is 1. The second kappa shape index (κ2) is 10.4. The molecule has 2 N–H and O–H groups in total. The van der Waals surface area contributed by atoms with Crippen LogP contribution in [0.15, 0.2) is 65.7 Å². The van der Waals surface area contributed by atoms with Crippen LogP contribution in [0.2, 0.25) is 0 Å². The number of aromatic nitrogens is 1. The van der Waals surface area contributed by atoms with E-state index in [4.69, 9.17) is 4.55 Å². The largest absolute Gasteiger partial charge is 0.416 e. The lowest BCUT2D eigenvalue weighted by Crippen LogP contribution is -2.25. The number of hydrogen-bond donors (Lipinski definition) is 2. The molecule has 184 valence electrons. The molecule has 4 rings (SSSR count). The molecule has 0 saturated heterocycles. The van der Waals surface area contributed by atoms with Crippen LogP contribution in [0.3, 0.4) is 0 Å². The summed E-state index contributed by atoms with van der Waals surface area (Å²) in [7, 11) is 0. The number of carbonyl (C=O) groups is 1. The number of amides is 1. The van der Waals surface area contributed by atoms with Gasteiger partial charge < -0.3 is 9.87 Å². The Hall–Kier alpha value is -2.88. The van der Waals surface area contributed by atoms with Crippen LogP contribution in [0.25, 0.3) is 0 Å². The van der Waals surface area contributed by atoms with Crippen molar-refractivity contribution in [1.82, 2.24) is 15.2 Å². The summed E-state index contributed by atoms with van der Waals surface area (Å²) < 4.78 is 47.7. The van der Waals surface area contributed by atoms with E-state index in [1.165, 1.54) is 12.1 Å². The van der Waals surface area contributed by atoms with Gasteiger partial charge in [-0.3, -0.25) is 14.7 Å². The first-order valence-electron chi connectivity index (χ1n) is 11.2. The van der Waals surface area contributed by atoms with Gasteiger partial charge >= 0.3 is 6.18 Å². The summed E-state index contributed by atoms with van der Waals surface area (Å²) in [4.78, 5) is 20.3. The van der Waals surface area contributed by atoms with E-state index >= 15 is 0 Å². The Morgan fingerprint density at radius 1 is 1.14 bits per heavy atom. The van der Waals surface area contributed by atoms with Crippen molar-refractivity contribution in [2.75, 3.05) is 0 Å². The van der Waals surface area contributed by atoms with Gasteiger partial charge in [-0.2, -0.15) is 13.2 Å². The highest BCUT2D eigenvalue weighted by molar-refractivity contribution is 7.93. The molecule has 35 heavy (non-hydrogen) atoms. The summed E-state index contributed by atoms with van der Waals surface area (Å²) in [6.07, 6.45) is -2.78. The maximum absolute atomic E-state index is 12.9. The van der Waals surface area contributed by atoms with Crippen molar-refractivity contribution in [2.24, 2.45) is 5.92 Å². The Balaban J connectivity index is 1.46. The zero-order valence-corrected chi connectivity index (χ0v) is 20.2. The van der Waals surface area contributed by atoms with Gasteiger partial charge in [0.1, 0.15) is 0 Å². The van der Waals surface area contributed by atoms with Gasteiger partial charge in [-0.25, -0.2) is 0 Å². The summed E-state index contributed by atoms with van der Waals surface area (Å²) >= 11 is 0.669. The van der Waals surface area contributed by atoms with Crippen LogP contribution in [0.4, 0.5) is 13.2 Å². The number of nitrogens with zero attached hydrogens (tertiary/aromatic N) is 2. The predicted molar refractivity (Wildman–Crippen MR) is 129 cm³/mol. The van der Waals surface area contributed by atoms with Crippen LogP contribution >= 0.6 is 12.0 Å². The number of pyridine rings is 1. The molecule has 0 radical (unpaired) electrons. The van der Waals surface area contributed by atoms with Gasteiger partial charge in [0.25, 0.3) is 5.91 Å². The topological polar surface area (TPSA) is 65.5 Å². The number of hydrogen-bond acceptors (Lipinski definition) is 5. The summed E-state index contributed by atoms with van der Waals surface area (Å²) in [6.45, 7) is 5.57. The average molecular weight is 502 g/mol. The number of nitrogens with one attached hydrogen (secondary N) is 1. The number of benzene rings is 2. The molecule has 0 fully saturated rings. The second-order valence-electron chi connectivity index (χ2n) is 8.97. The minimum atomic E-state index is -4.36. The van der Waals surface area contributed by atoms with Crippen molar-refractivity contribution < 1.29 is 22.5 Å². The lowest BCUT2D eigenvalue weighted by Gasteiger charge is -2.27. The summed E-state index contributed by atoms with van der Waals surface area (Å²) in [5.41, 5.74) is 3.36. The molecule has 1 aromatic heterocycles. The Kier molecular flexibility index (Phi) is 7.49. The van der Waals surface area contributed by atoms with Crippen molar-refractivity contribution in [3.8, 4) is 0 Å². The molecule has 0 saturated carbocycles. The molecule has 1 aliphatic rings. The van der Waals surface area contributed by atoms with Gasteiger partial charge in [0.15, 0.2) is 0 Å². The summed E-state index contributed by atoms with van der Waals surface area (Å²) in [6, 6.07) is 14.3. The van der Waals surface area contributed by atoms with Gasteiger partial charge in [0.05, 0.1) is 22.9 Å². The number of alkyl halides is 3. The zero-order valence-electron chi connectivity index (χ0n) is 19.3. The minimum Gasteiger partial charge on any atom is -0.348 e. The normalized spacial score (nSPS) is 15.9. The van der Waals surface area contributed by atoms with Crippen LogP contribution in [-0.4, -0.2) is 20.3 Å². The Morgan fingerprint density at radius 2 is 1.80 bits per heavy atom. The Labute approximate surface area is 206 Å². The molecule has 2 aromatic carbocycles. The van der Waals surface area contributed by atoms with Crippen molar-refractivity contribution in [2.45, 2.75) is 50.6 Å². The first kappa shape index (κ1) is 25.2. The third-order valence-corrected chi connectivity index (χ3v) is 6.57. The van der Waals surface area contributed by atoms with Crippen LogP contribution < -0.4 is 5.32 Å². The van der Waals surface area contributed by atoms with E-state index in [0.29, 0.717) is 37.2 Å². The highest BCUT2D eigenvalue weighted by Gasteiger charge is 2.35. The lowest BCUT2D eigenvalue weighted by molar-refractivity contribution is -0.137. The minimum absolute atomic E-state index is 0.00677. The van der Waals surface area contributed by atoms with Crippen molar-refractivity contribution in [3.05, 3.63) is 94.3 Å². The fourth-order valence-corrected chi connectivity index (χ4v) is 4.66. The molecule has 0 unspecified atom stereocenters. The third-order valence-electron chi connectivity index (χ3n) is 6.09. The molecular formula is C26H26F3N3O2S. The fraction of sp³-hybridized carbons (Fsp3) is 0.308. The standard InChI is InChI=1S/C26H26F3N3O2S/c1-16(2)24-23-20(15-32(24)14-18-3-7-21(8-4-18)26(27,28)29)11-19(13-30-23)25(33)31-12-17-5-9-22(35-34)10-6-17/h3-11,13,16,24,34H,12,14-15H2,1-2H3,(H,31,33)/t24-/m0/s1. The molecule has 0 spiro atoms. The molecule has 3 aromatic rings. The molecule has 1 aliphatic heterocycles. The summed E-state index contributed by atoms with van der Waals surface area (Å²) in [5, 5.41) is 2.89. The van der Waals surface area contributed by atoms with E-state index in [1.54, 1.807) is 18.3 Å². The third kappa shape index (κ3) is 5.86. The van der Waals surface area contributed by atoms with E-state index < -0.39 is 11.7 Å². The molecule has 2 heterocycles. The smallest absolute Gasteiger partial charge is 0.348 e. The number of halogens is 3. The van der Waals surface area contributed by atoms with Crippen LogP contribution in [-0.2, 0) is 25.8 Å². The van der Waals surface area contributed by atoms with Crippen LogP contribution in [0, 0.1) is 5.92 Å². The van der Waals surface area contributed by atoms with Crippen LogP contribution in [0.5, 0.6) is 0 Å².